The number of carbonyl (C=O) groups excluding carboxylic acids is 3. The van der Waals surface area contributed by atoms with Gasteiger partial charge in [0.1, 0.15) is 5.56 Å². The summed E-state index contributed by atoms with van der Waals surface area (Å²) >= 11 is 0. The second-order valence-corrected chi connectivity index (χ2v) is 9.62. The number of Topliss-reactive ketones (excluding diaryl/α,β-unsaturated/α-hetero) is 1. The molecule has 1 aliphatic heterocycles. The van der Waals surface area contributed by atoms with Crippen LogP contribution in [0.1, 0.15) is 83.2 Å². The van der Waals surface area contributed by atoms with Gasteiger partial charge in [0.25, 0.3) is 11.5 Å². The molecule has 7 heteroatoms. The number of pyridine rings is 1. The molecule has 33 heavy (non-hydrogen) atoms. The van der Waals surface area contributed by atoms with Crippen LogP contribution in [0, 0.1) is 5.41 Å². The van der Waals surface area contributed by atoms with E-state index < -0.39 is 11.5 Å². The van der Waals surface area contributed by atoms with Crippen molar-refractivity contribution in [2.75, 3.05) is 19.7 Å². The number of fused-ring (bicyclic) bond motifs is 1. The Labute approximate surface area is 193 Å². The Morgan fingerprint density at radius 2 is 1.67 bits per heavy atom. The minimum Gasteiger partial charge on any atom is -0.462 e. The number of hydrogen-bond donors (Lipinski definition) is 0. The van der Waals surface area contributed by atoms with Gasteiger partial charge in [-0.05, 0) is 68.4 Å². The van der Waals surface area contributed by atoms with Crippen LogP contribution in [0.25, 0.3) is 5.69 Å². The standard InChI is InChI=1S/C26H30N2O5/c1-4-33-25(32)20-14-19-21(15-26(2,3)16-22(19)29)28(24(20)31)18-10-8-17(9-11-18)23(30)27-12-6-5-7-13-27/h8-11,14H,4-7,12-13,15-16H2,1-3H3. The highest BCUT2D eigenvalue weighted by Crippen LogP contribution is 2.35. The molecule has 1 saturated heterocycles. The van der Waals surface area contributed by atoms with E-state index in [4.69, 9.17) is 4.74 Å². The second kappa shape index (κ2) is 8.96. The van der Waals surface area contributed by atoms with Gasteiger partial charge in [0, 0.05) is 42.0 Å². The lowest BCUT2D eigenvalue weighted by Gasteiger charge is -2.32. The number of rotatable bonds is 4. The van der Waals surface area contributed by atoms with E-state index in [0.29, 0.717) is 35.3 Å². The molecule has 1 amide bonds. The second-order valence-electron chi connectivity index (χ2n) is 9.62. The molecular weight excluding hydrogens is 420 g/mol. The zero-order valence-electron chi connectivity index (χ0n) is 19.5. The normalized spacial score (nSPS) is 17.4. The molecule has 2 aromatic rings. The van der Waals surface area contributed by atoms with Crippen LogP contribution in [0.15, 0.2) is 35.1 Å². The SMILES string of the molecule is CCOC(=O)c1cc2c(n(-c3ccc(C(=O)N4CCCCC4)cc3)c1=O)CC(C)(C)CC2=O. The van der Waals surface area contributed by atoms with Gasteiger partial charge in [-0.25, -0.2) is 4.79 Å². The quantitative estimate of drug-likeness (QED) is 0.662. The van der Waals surface area contributed by atoms with E-state index in [1.54, 1.807) is 31.2 Å². The summed E-state index contributed by atoms with van der Waals surface area (Å²) in [6, 6.07) is 8.22. The predicted molar refractivity (Wildman–Crippen MR) is 124 cm³/mol. The Bertz CT molecular complexity index is 1150. The summed E-state index contributed by atoms with van der Waals surface area (Å²) < 4.78 is 6.51. The van der Waals surface area contributed by atoms with Crippen molar-refractivity contribution >= 4 is 17.7 Å². The molecule has 0 N–H and O–H groups in total. The number of carbonyl (C=O) groups is 3. The van der Waals surface area contributed by atoms with E-state index in [9.17, 15) is 19.2 Å². The Morgan fingerprint density at radius 3 is 2.30 bits per heavy atom. The fourth-order valence-electron chi connectivity index (χ4n) is 4.78. The molecule has 7 nitrogen and oxygen atoms in total. The maximum Gasteiger partial charge on any atom is 0.343 e. The highest BCUT2D eigenvalue weighted by atomic mass is 16.5. The number of nitrogens with zero attached hydrogens (tertiary/aromatic N) is 2. The monoisotopic (exact) mass is 450 g/mol. The summed E-state index contributed by atoms with van der Waals surface area (Å²) in [5, 5.41) is 0. The fourth-order valence-corrected chi connectivity index (χ4v) is 4.78. The molecular formula is C26H30N2O5. The summed E-state index contributed by atoms with van der Waals surface area (Å²) in [6.07, 6.45) is 4.01. The molecule has 0 radical (unpaired) electrons. The molecule has 1 fully saturated rings. The first-order chi connectivity index (χ1) is 15.7. The van der Waals surface area contributed by atoms with Crippen molar-refractivity contribution in [3.8, 4) is 5.69 Å². The number of likely N-dealkylation sites (tertiary alicyclic amines) is 1. The van der Waals surface area contributed by atoms with Crippen molar-refractivity contribution in [1.82, 2.24) is 9.47 Å². The van der Waals surface area contributed by atoms with Gasteiger partial charge in [0.15, 0.2) is 5.78 Å². The van der Waals surface area contributed by atoms with Crippen molar-refractivity contribution in [3.05, 3.63) is 63.1 Å². The lowest BCUT2D eigenvalue weighted by Crippen LogP contribution is -2.37. The summed E-state index contributed by atoms with van der Waals surface area (Å²) in [5.41, 5.74) is 1.05. The van der Waals surface area contributed by atoms with Crippen LogP contribution < -0.4 is 5.56 Å². The summed E-state index contributed by atoms with van der Waals surface area (Å²) in [4.78, 5) is 53.5. The first-order valence-electron chi connectivity index (χ1n) is 11.6. The molecule has 2 aliphatic rings. The van der Waals surface area contributed by atoms with Crippen LogP contribution in [0.5, 0.6) is 0 Å². The molecule has 0 spiro atoms. The predicted octanol–water partition coefficient (Wildman–Crippen LogP) is 3.80. The number of benzene rings is 1. The first-order valence-corrected chi connectivity index (χ1v) is 11.6. The Kier molecular flexibility index (Phi) is 6.23. The Balaban J connectivity index is 1.80. The Hall–Kier alpha value is -3.22. The number of aromatic nitrogens is 1. The number of ether oxygens (including phenoxy) is 1. The third-order valence-electron chi connectivity index (χ3n) is 6.40. The summed E-state index contributed by atoms with van der Waals surface area (Å²) in [7, 11) is 0. The number of ketones is 1. The molecule has 0 saturated carbocycles. The third-order valence-corrected chi connectivity index (χ3v) is 6.40. The average molecular weight is 451 g/mol. The van der Waals surface area contributed by atoms with Gasteiger partial charge in [-0.15, -0.1) is 0 Å². The van der Waals surface area contributed by atoms with Gasteiger partial charge in [0.2, 0.25) is 0 Å². The molecule has 2 heterocycles. The lowest BCUT2D eigenvalue weighted by molar-refractivity contribution is 0.0523. The van der Waals surface area contributed by atoms with Gasteiger partial charge >= 0.3 is 5.97 Å². The summed E-state index contributed by atoms with van der Waals surface area (Å²) in [6.45, 7) is 7.29. The van der Waals surface area contributed by atoms with Crippen molar-refractivity contribution < 1.29 is 19.1 Å². The zero-order valence-corrected chi connectivity index (χ0v) is 19.5. The van der Waals surface area contributed by atoms with E-state index in [0.717, 1.165) is 32.4 Å². The van der Waals surface area contributed by atoms with Crippen LogP contribution in [0.2, 0.25) is 0 Å². The minimum absolute atomic E-state index is 0.0211. The van der Waals surface area contributed by atoms with E-state index in [-0.39, 0.29) is 29.3 Å². The van der Waals surface area contributed by atoms with E-state index in [1.807, 2.05) is 18.7 Å². The first kappa shape index (κ1) is 23.0. The van der Waals surface area contributed by atoms with Crippen molar-refractivity contribution in [2.45, 2.75) is 52.9 Å². The highest BCUT2D eigenvalue weighted by molar-refractivity contribution is 6.01. The average Bonchev–Trinajstić information content (AvgIpc) is 2.78. The molecule has 174 valence electrons. The minimum atomic E-state index is -0.742. The smallest absolute Gasteiger partial charge is 0.343 e. The summed E-state index contributed by atoms with van der Waals surface area (Å²) in [5.74, 6) is -0.863. The number of esters is 1. The number of hydrogen-bond acceptors (Lipinski definition) is 5. The van der Waals surface area contributed by atoms with Gasteiger partial charge in [-0.3, -0.25) is 19.0 Å². The molecule has 0 unspecified atom stereocenters. The van der Waals surface area contributed by atoms with Gasteiger partial charge in [0.05, 0.1) is 6.61 Å². The van der Waals surface area contributed by atoms with Crippen LogP contribution in [0.4, 0.5) is 0 Å². The van der Waals surface area contributed by atoms with E-state index in [1.165, 1.54) is 10.6 Å². The van der Waals surface area contributed by atoms with Gasteiger partial charge in [-0.1, -0.05) is 13.8 Å². The Morgan fingerprint density at radius 1 is 1.00 bits per heavy atom. The van der Waals surface area contributed by atoms with Crippen LogP contribution in [-0.4, -0.2) is 46.8 Å². The van der Waals surface area contributed by atoms with Crippen LogP contribution in [-0.2, 0) is 11.2 Å². The zero-order chi connectivity index (χ0) is 23.8. The molecule has 0 atom stereocenters. The molecule has 1 aromatic heterocycles. The van der Waals surface area contributed by atoms with Crippen molar-refractivity contribution in [3.63, 3.8) is 0 Å². The molecule has 0 bridgehead atoms. The lowest BCUT2D eigenvalue weighted by atomic mass is 9.75. The van der Waals surface area contributed by atoms with Crippen LogP contribution in [0.3, 0.4) is 0 Å². The molecule has 1 aliphatic carbocycles. The molecule has 1 aromatic carbocycles. The number of piperidine rings is 1. The fraction of sp³-hybridized carbons (Fsp3) is 0.462. The maximum absolute atomic E-state index is 13.4. The van der Waals surface area contributed by atoms with Crippen LogP contribution >= 0.6 is 0 Å². The largest absolute Gasteiger partial charge is 0.462 e. The number of amides is 1. The van der Waals surface area contributed by atoms with E-state index in [2.05, 4.69) is 0 Å². The van der Waals surface area contributed by atoms with Gasteiger partial charge < -0.3 is 9.64 Å². The maximum atomic E-state index is 13.4. The van der Waals surface area contributed by atoms with Gasteiger partial charge in [-0.2, -0.15) is 0 Å². The van der Waals surface area contributed by atoms with Crippen molar-refractivity contribution in [2.24, 2.45) is 5.41 Å². The third kappa shape index (κ3) is 4.49. The van der Waals surface area contributed by atoms with Crippen molar-refractivity contribution in [1.29, 1.82) is 0 Å². The topological polar surface area (TPSA) is 85.7 Å². The highest BCUT2D eigenvalue weighted by Gasteiger charge is 2.35. The van der Waals surface area contributed by atoms with E-state index >= 15 is 0 Å². The molecule has 4 rings (SSSR count).